The average Bonchev–Trinajstić information content (AvgIpc) is 2.51. The van der Waals surface area contributed by atoms with Gasteiger partial charge in [-0.2, -0.15) is 8.42 Å². The Bertz CT molecular complexity index is 737. The summed E-state index contributed by atoms with van der Waals surface area (Å²) < 4.78 is 35.2. The lowest BCUT2D eigenvalue weighted by Crippen LogP contribution is -2.54. The van der Waals surface area contributed by atoms with Crippen molar-refractivity contribution in [1.29, 1.82) is 0 Å². The molecule has 7 heteroatoms. The molecule has 1 aromatic rings. The number of carbonyl (C=O) groups is 1. The van der Waals surface area contributed by atoms with Gasteiger partial charge in [-0.15, -0.1) is 0 Å². The monoisotopic (exact) mass is 397 g/mol. The van der Waals surface area contributed by atoms with Gasteiger partial charge < -0.3 is 9.64 Å². The van der Waals surface area contributed by atoms with Crippen LogP contribution in [0.25, 0.3) is 0 Å². The van der Waals surface area contributed by atoms with Gasteiger partial charge in [-0.05, 0) is 58.9 Å². The fourth-order valence-corrected chi connectivity index (χ4v) is 4.43. The fourth-order valence-electron chi connectivity index (χ4n) is 3.35. The van der Waals surface area contributed by atoms with Gasteiger partial charge in [-0.25, -0.2) is 4.79 Å². The second-order valence-corrected chi connectivity index (χ2v) is 10.4. The molecule has 2 rings (SSSR count). The highest BCUT2D eigenvalue weighted by Crippen LogP contribution is 2.33. The van der Waals surface area contributed by atoms with Crippen LogP contribution in [0.2, 0.25) is 0 Å². The number of piperidine rings is 1. The summed E-state index contributed by atoms with van der Waals surface area (Å²) in [6.45, 7) is 10.1. The first-order chi connectivity index (χ1) is 12.4. The summed E-state index contributed by atoms with van der Waals surface area (Å²) >= 11 is 0. The van der Waals surface area contributed by atoms with Crippen LogP contribution in [0.3, 0.4) is 0 Å². The number of rotatable bonds is 5. The lowest BCUT2D eigenvalue weighted by atomic mass is 9.83. The largest absolute Gasteiger partial charge is 0.444 e. The molecule has 6 nitrogen and oxygen atoms in total. The summed E-state index contributed by atoms with van der Waals surface area (Å²) in [6.07, 6.45) is 1.01. The molecule has 1 unspecified atom stereocenters. The SMILES string of the molecule is CC(C)(C)OC(=O)N1CCC(COS(=O)(=O)Cc2ccccc2)CC1(C)C. The Balaban J connectivity index is 1.90. The molecule has 1 heterocycles. The molecule has 0 bridgehead atoms. The first kappa shape index (κ1) is 21.7. The van der Waals surface area contributed by atoms with E-state index in [4.69, 9.17) is 8.92 Å². The third kappa shape index (κ3) is 6.81. The maximum absolute atomic E-state index is 12.4. The molecule has 0 radical (unpaired) electrons. The number of benzene rings is 1. The van der Waals surface area contributed by atoms with Crippen LogP contribution in [0.5, 0.6) is 0 Å². The molecule has 0 aromatic heterocycles. The van der Waals surface area contributed by atoms with Crippen LogP contribution < -0.4 is 0 Å². The maximum atomic E-state index is 12.4. The molecule has 1 saturated heterocycles. The highest BCUT2D eigenvalue weighted by Gasteiger charge is 2.40. The number of amides is 1. The Morgan fingerprint density at radius 3 is 2.41 bits per heavy atom. The predicted molar refractivity (Wildman–Crippen MR) is 105 cm³/mol. The Morgan fingerprint density at radius 1 is 1.22 bits per heavy atom. The maximum Gasteiger partial charge on any atom is 0.410 e. The Kier molecular flexibility index (Phi) is 6.58. The zero-order chi connectivity index (χ0) is 20.3. The highest BCUT2D eigenvalue weighted by atomic mass is 32.2. The van der Waals surface area contributed by atoms with Crippen molar-refractivity contribution in [2.75, 3.05) is 13.2 Å². The molecule has 0 aliphatic carbocycles. The summed E-state index contributed by atoms with van der Waals surface area (Å²) in [5, 5.41) is 0. The summed E-state index contributed by atoms with van der Waals surface area (Å²) in [5.74, 6) is -0.0576. The van der Waals surface area contributed by atoms with Crippen molar-refractivity contribution in [3.05, 3.63) is 35.9 Å². The van der Waals surface area contributed by atoms with Crippen molar-refractivity contribution in [2.24, 2.45) is 5.92 Å². The molecule has 1 amide bonds. The van der Waals surface area contributed by atoms with Crippen LogP contribution >= 0.6 is 0 Å². The fraction of sp³-hybridized carbons (Fsp3) is 0.650. The molecule has 1 atom stereocenters. The van der Waals surface area contributed by atoms with Gasteiger partial charge in [0, 0.05) is 12.1 Å². The highest BCUT2D eigenvalue weighted by molar-refractivity contribution is 7.85. The molecule has 1 aliphatic rings. The summed E-state index contributed by atoms with van der Waals surface area (Å²) in [7, 11) is -3.63. The van der Waals surface area contributed by atoms with Crippen LogP contribution in [0.4, 0.5) is 4.79 Å². The molecular formula is C20H31NO5S. The van der Waals surface area contributed by atoms with E-state index in [2.05, 4.69) is 0 Å². The third-order valence-corrected chi connectivity index (χ3v) is 5.75. The second-order valence-electron chi connectivity index (χ2n) is 8.78. The molecule has 0 saturated carbocycles. The minimum atomic E-state index is -3.63. The van der Waals surface area contributed by atoms with Crippen molar-refractivity contribution < 1.29 is 22.1 Å². The van der Waals surface area contributed by atoms with Gasteiger partial charge >= 0.3 is 6.09 Å². The van der Waals surface area contributed by atoms with Crippen LogP contribution in [-0.2, 0) is 24.8 Å². The number of likely N-dealkylation sites (tertiary alicyclic amines) is 1. The van der Waals surface area contributed by atoms with E-state index < -0.39 is 21.3 Å². The van der Waals surface area contributed by atoms with Gasteiger partial charge in [-0.3, -0.25) is 4.18 Å². The van der Waals surface area contributed by atoms with Gasteiger partial charge in [-0.1, -0.05) is 30.3 Å². The Labute approximate surface area is 163 Å². The lowest BCUT2D eigenvalue weighted by molar-refractivity contribution is -0.0185. The van der Waals surface area contributed by atoms with E-state index in [1.807, 2.05) is 40.7 Å². The van der Waals surface area contributed by atoms with Crippen LogP contribution in [-0.4, -0.2) is 43.7 Å². The molecule has 0 N–H and O–H groups in total. The minimum Gasteiger partial charge on any atom is -0.444 e. The van der Waals surface area contributed by atoms with E-state index in [1.54, 1.807) is 29.2 Å². The smallest absolute Gasteiger partial charge is 0.410 e. The van der Waals surface area contributed by atoms with Gasteiger partial charge in [0.25, 0.3) is 10.1 Å². The normalized spacial score (nSPS) is 20.3. The predicted octanol–water partition coefficient (Wildman–Crippen LogP) is 3.96. The van der Waals surface area contributed by atoms with E-state index in [1.165, 1.54) is 0 Å². The quantitative estimate of drug-likeness (QED) is 0.703. The average molecular weight is 398 g/mol. The van der Waals surface area contributed by atoms with Crippen molar-refractivity contribution in [2.45, 2.75) is 64.4 Å². The Hall–Kier alpha value is -1.60. The lowest BCUT2D eigenvalue weighted by Gasteiger charge is -2.45. The number of ether oxygens (including phenoxy) is 1. The van der Waals surface area contributed by atoms with Crippen molar-refractivity contribution in [3.63, 3.8) is 0 Å². The zero-order valence-electron chi connectivity index (χ0n) is 16.9. The first-order valence-electron chi connectivity index (χ1n) is 9.30. The standard InChI is InChI=1S/C20H31NO5S/c1-19(2,3)26-18(22)21-12-11-17(13-20(21,4)5)14-25-27(23,24)15-16-9-7-6-8-10-16/h6-10,17H,11-15H2,1-5H3. The van der Waals surface area contributed by atoms with Crippen LogP contribution in [0.1, 0.15) is 53.0 Å². The number of hydrogen-bond acceptors (Lipinski definition) is 5. The molecule has 1 fully saturated rings. The van der Waals surface area contributed by atoms with Crippen LogP contribution in [0, 0.1) is 5.92 Å². The molecular weight excluding hydrogens is 366 g/mol. The summed E-state index contributed by atoms with van der Waals surface area (Å²) in [5.41, 5.74) is -0.256. The number of nitrogens with zero attached hydrogens (tertiary/aromatic N) is 1. The summed E-state index contributed by atoms with van der Waals surface area (Å²) in [6, 6.07) is 8.99. The molecule has 0 spiro atoms. The van der Waals surface area contributed by atoms with Gasteiger partial charge in [0.2, 0.25) is 0 Å². The van der Waals surface area contributed by atoms with Crippen molar-refractivity contribution in [1.82, 2.24) is 4.90 Å². The topological polar surface area (TPSA) is 72.9 Å². The zero-order valence-corrected chi connectivity index (χ0v) is 17.7. The first-order valence-corrected chi connectivity index (χ1v) is 10.9. The summed E-state index contributed by atoms with van der Waals surface area (Å²) in [4.78, 5) is 14.2. The Morgan fingerprint density at radius 2 is 1.85 bits per heavy atom. The number of hydrogen-bond donors (Lipinski definition) is 0. The van der Waals surface area contributed by atoms with E-state index in [0.717, 1.165) is 0 Å². The van der Waals surface area contributed by atoms with Gasteiger partial charge in [0.05, 0.1) is 6.61 Å². The van der Waals surface area contributed by atoms with E-state index in [-0.39, 0.29) is 24.4 Å². The second kappa shape index (κ2) is 8.19. The molecule has 27 heavy (non-hydrogen) atoms. The third-order valence-electron chi connectivity index (χ3n) is 4.56. The van der Waals surface area contributed by atoms with Crippen LogP contribution in [0.15, 0.2) is 30.3 Å². The van der Waals surface area contributed by atoms with Crippen molar-refractivity contribution in [3.8, 4) is 0 Å². The van der Waals surface area contributed by atoms with E-state index in [9.17, 15) is 13.2 Å². The van der Waals surface area contributed by atoms with Gasteiger partial charge in [0.15, 0.2) is 0 Å². The van der Waals surface area contributed by atoms with E-state index >= 15 is 0 Å². The van der Waals surface area contributed by atoms with E-state index in [0.29, 0.717) is 24.9 Å². The van der Waals surface area contributed by atoms with Gasteiger partial charge in [0.1, 0.15) is 11.4 Å². The number of carbonyl (C=O) groups excluding carboxylic acids is 1. The van der Waals surface area contributed by atoms with Crippen molar-refractivity contribution >= 4 is 16.2 Å². The molecule has 152 valence electrons. The molecule has 1 aliphatic heterocycles. The molecule has 1 aromatic carbocycles. The minimum absolute atomic E-state index is 0.0734.